The zero-order valence-corrected chi connectivity index (χ0v) is 10.4. The van der Waals surface area contributed by atoms with Crippen molar-refractivity contribution in [1.82, 2.24) is 4.98 Å². The second-order valence-corrected chi connectivity index (χ2v) is 5.99. The molecule has 2 N–H and O–H groups in total. The van der Waals surface area contributed by atoms with Gasteiger partial charge in [0.15, 0.2) is 0 Å². The summed E-state index contributed by atoms with van der Waals surface area (Å²) >= 11 is 4.02. The number of rotatable bonds is 2. The number of halogens is 1. The SMILES string of the molecule is Nc1ccc(Cc2ncc(I)s2)cc1. The van der Waals surface area contributed by atoms with Crippen LogP contribution in [0.5, 0.6) is 0 Å². The van der Waals surface area contributed by atoms with Crippen LogP contribution in [0.25, 0.3) is 0 Å². The average Bonchev–Trinajstić information content (AvgIpc) is 2.56. The number of benzene rings is 1. The summed E-state index contributed by atoms with van der Waals surface area (Å²) in [7, 11) is 0. The van der Waals surface area contributed by atoms with Gasteiger partial charge in [0.2, 0.25) is 0 Å². The van der Waals surface area contributed by atoms with Crippen molar-refractivity contribution in [2.24, 2.45) is 0 Å². The van der Waals surface area contributed by atoms with Crippen molar-refractivity contribution in [3.8, 4) is 0 Å². The maximum Gasteiger partial charge on any atom is 0.0979 e. The molecule has 0 amide bonds. The molecule has 0 radical (unpaired) electrons. The Morgan fingerprint density at radius 2 is 2.00 bits per heavy atom. The van der Waals surface area contributed by atoms with Crippen molar-refractivity contribution in [2.75, 3.05) is 5.73 Å². The molecule has 0 aliphatic heterocycles. The first-order valence-electron chi connectivity index (χ1n) is 4.18. The fourth-order valence-corrected chi connectivity index (χ4v) is 2.76. The molecule has 1 aromatic carbocycles. The lowest BCUT2D eigenvalue weighted by molar-refractivity contribution is 1.14. The van der Waals surface area contributed by atoms with Crippen LogP contribution in [-0.2, 0) is 6.42 Å². The van der Waals surface area contributed by atoms with Crippen LogP contribution in [0, 0.1) is 2.88 Å². The number of hydrogen-bond acceptors (Lipinski definition) is 3. The molecule has 2 rings (SSSR count). The van der Waals surface area contributed by atoms with E-state index in [1.807, 2.05) is 30.5 Å². The molecule has 1 aromatic heterocycles. The summed E-state index contributed by atoms with van der Waals surface area (Å²) in [5.74, 6) is 0. The van der Waals surface area contributed by atoms with Crippen molar-refractivity contribution in [2.45, 2.75) is 6.42 Å². The number of hydrogen-bond donors (Lipinski definition) is 1. The molecule has 14 heavy (non-hydrogen) atoms. The van der Waals surface area contributed by atoms with Gasteiger partial charge >= 0.3 is 0 Å². The number of aromatic nitrogens is 1. The van der Waals surface area contributed by atoms with Crippen LogP contribution in [0.1, 0.15) is 10.6 Å². The van der Waals surface area contributed by atoms with Gasteiger partial charge in [-0.05, 0) is 40.3 Å². The molecule has 0 aliphatic rings. The van der Waals surface area contributed by atoms with E-state index in [4.69, 9.17) is 5.73 Å². The van der Waals surface area contributed by atoms with Gasteiger partial charge in [-0.15, -0.1) is 11.3 Å². The van der Waals surface area contributed by atoms with Crippen LogP contribution in [-0.4, -0.2) is 4.98 Å². The molecule has 0 fully saturated rings. The third-order valence-corrected chi connectivity index (χ3v) is 3.59. The Labute approximate surface area is 100 Å². The molecule has 72 valence electrons. The highest BCUT2D eigenvalue weighted by atomic mass is 127. The summed E-state index contributed by atoms with van der Waals surface area (Å²) in [5.41, 5.74) is 7.67. The number of nitrogens with two attached hydrogens (primary N) is 1. The predicted molar refractivity (Wildman–Crippen MR) is 68.5 cm³/mol. The Kier molecular flexibility index (Phi) is 3.02. The third-order valence-electron chi connectivity index (χ3n) is 1.86. The van der Waals surface area contributed by atoms with Crippen LogP contribution in [0.15, 0.2) is 30.5 Å². The molecule has 0 bridgehead atoms. The van der Waals surface area contributed by atoms with E-state index in [1.54, 1.807) is 11.3 Å². The number of thiazole rings is 1. The molecule has 0 spiro atoms. The summed E-state index contributed by atoms with van der Waals surface area (Å²) in [6.07, 6.45) is 2.80. The van der Waals surface area contributed by atoms with E-state index in [1.165, 1.54) is 8.45 Å². The van der Waals surface area contributed by atoms with Gasteiger partial charge in [0.05, 0.1) is 14.1 Å². The zero-order valence-electron chi connectivity index (χ0n) is 7.40. The lowest BCUT2D eigenvalue weighted by atomic mass is 10.1. The normalized spacial score (nSPS) is 10.4. The Hall–Kier alpha value is -0.620. The van der Waals surface area contributed by atoms with E-state index in [2.05, 4.69) is 27.6 Å². The van der Waals surface area contributed by atoms with E-state index in [0.29, 0.717) is 0 Å². The summed E-state index contributed by atoms with van der Waals surface area (Å²) in [6.45, 7) is 0. The maximum atomic E-state index is 5.61. The van der Waals surface area contributed by atoms with Gasteiger partial charge in [0, 0.05) is 12.1 Å². The zero-order chi connectivity index (χ0) is 9.97. The first-order chi connectivity index (χ1) is 6.74. The van der Waals surface area contributed by atoms with Crippen molar-refractivity contribution in [1.29, 1.82) is 0 Å². The van der Waals surface area contributed by atoms with Crippen molar-refractivity contribution < 1.29 is 0 Å². The van der Waals surface area contributed by atoms with Crippen LogP contribution < -0.4 is 5.73 Å². The highest BCUT2D eigenvalue weighted by Gasteiger charge is 2.00. The Morgan fingerprint density at radius 3 is 2.57 bits per heavy atom. The van der Waals surface area contributed by atoms with Gasteiger partial charge in [0.1, 0.15) is 0 Å². The van der Waals surface area contributed by atoms with Crippen LogP contribution in [0.3, 0.4) is 0 Å². The fourth-order valence-electron chi connectivity index (χ4n) is 1.18. The second-order valence-electron chi connectivity index (χ2n) is 2.98. The quantitative estimate of drug-likeness (QED) is 0.683. The van der Waals surface area contributed by atoms with Crippen molar-refractivity contribution >= 4 is 39.6 Å². The fraction of sp³-hybridized carbons (Fsp3) is 0.100. The van der Waals surface area contributed by atoms with Crippen molar-refractivity contribution in [3.63, 3.8) is 0 Å². The molecule has 0 unspecified atom stereocenters. The number of anilines is 1. The summed E-state index contributed by atoms with van der Waals surface area (Å²) < 4.78 is 1.23. The van der Waals surface area contributed by atoms with Gasteiger partial charge in [0.25, 0.3) is 0 Å². The summed E-state index contributed by atoms with van der Waals surface area (Å²) in [4.78, 5) is 4.31. The van der Waals surface area contributed by atoms with Gasteiger partial charge in [-0.1, -0.05) is 12.1 Å². The molecule has 4 heteroatoms. The van der Waals surface area contributed by atoms with E-state index in [0.717, 1.165) is 17.1 Å². The molecule has 2 aromatic rings. The highest BCUT2D eigenvalue weighted by Crippen LogP contribution is 2.18. The molecule has 2 nitrogen and oxygen atoms in total. The van der Waals surface area contributed by atoms with Crippen LogP contribution in [0.2, 0.25) is 0 Å². The minimum Gasteiger partial charge on any atom is -0.399 e. The van der Waals surface area contributed by atoms with Gasteiger partial charge in [-0.3, -0.25) is 0 Å². The number of nitrogens with zero attached hydrogens (tertiary/aromatic N) is 1. The monoisotopic (exact) mass is 316 g/mol. The molecule has 0 saturated carbocycles. The van der Waals surface area contributed by atoms with E-state index in [-0.39, 0.29) is 0 Å². The lowest BCUT2D eigenvalue weighted by Gasteiger charge is -1.98. The van der Waals surface area contributed by atoms with Gasteiger partial charge in [-0.25, -0.2) is 4.98 Å². The molecular formula is C10H9IN2S. The minimum atomic E-state index is 0.808. The number of nitrogen functional groups attached to an aromatic ring is 1. The summed E-state index contributed by atoms with van der Waals surface area (Å²) in [6, 6.07) is 7.94. The Morgan fingerprint density at radius 1 is 1.29 bits per heavy atom. The molecule has 0 saturated heterocycles. The molecule has 1 heterocycles. The smallest absolute Gasteiger partial charge is 0.0979 e. The standard InChI is InChI=1S/C10H9IN2S/c11-9-6-13-10(14-9)5-7-1-3-8(12)4-2-7/h1-4,6H,5,12H2. The Balaban J connectivity index is 2.15. The van der Waals surface area contributed by atoms with Crippen LogP contribution >= 0.6 is 33.9 Å². The molecule has 0 atom stereocenters. The Bertz CT molecular complexity index is 422. The van der Waals surface area contributed by atoms with E-state index >= 15 is 0 Å². The summed E-state index contributed by atoms with van der Waals surface area (Å²) in [5, 5.41) is 1.15. The minimum absolute atomic E-state index is 0.808. The average molecular weight is 316 g/mol. The van der Waals surface area contributed by atoms with E-state index < -0.39 is 0 Å². The molecule has 0 aliphatic carbocycles. The maximum absolute atomic E-state index is 5.61. The van der Waals surface area contributed by atoms with Crippen LogP contribution in [0.4, 0.5) is 5.69 Å². The highest BCUT2D eigenvalue weighted by molar-refractivity contribution is 14.1. The van der Waals surface area contributed by atoms with Crippen molar-refractivity contribution in [3.05, 3.63) is 43.9 Å². The van der Waals surface area contributed by atoms with Gasteiger partial charge < -0.3 is 5.73 Å². The largest absolute Gasteiger partial charge is 0.399 e. The molecular weight excluding hydrogens is 307 g/mol. The second kappa shape index (κ2) is 4.27. The lowest BCUT2D eigenvalue weighted by Crippen LogP contribution is -1.88. The topological polar surface area (TPSA) is 38.9 Å². The van der Waals surface area contributed by atoms with Gasteiger partial charge in [-0.2, -0.15) is 0 Å². The van der Waals surface area contributed by atoms with E-state index in [9.17, 15) is 0 Å². The predicted octanol–water partition coefficient (Wildman–Crippen LogP) is 2.92. The first-order valence-corrected chi connectivity index (χ1v) is 6.08. The third kappa shape index (κ3) is 2.45. The first kappa shape index (κ1) is 9.92.